The molecule has 36 heavy (non-hydrogen) atoms. The van der Waals surface area contributed by atoms with Crippen molar-refractivity contribution in [2.75, 3.05) is 30.3 Å². The molecule has 5 rings (SSSR count). The Kier molecular flexibility index (Phi) is 6.29. The van der Waals surface area contributed by atoms with E-state index in [0.29, 0.717) is 39.8 Å². The first kappa shape index (κ1) is 24.1. The molecule has 0 atom stereocenters. The summed E-state index contributed by atoms with van der Waals surface area (Å²) in [6, 6.07) is 8.27. The Morgan fingerprint density at radius 1 is 1.14 bits per heavy atom. The molecule has 0 unspecified atom stereocenters. The summed E-state index contributed by atoms with van der Waals surface area (Å²) < 4.78 is 39.4. The standard InChI is InChI=1S/C26H27F3N6O/c1-3-35-10-8-17(9-11-35)33-18-5-6-20-19(12-18)23(25(36)34-20)22(24-31-13-15(2)32-24)16-4-7-21(30-14-16)26(27,28)29/h4-7,12-14,17,33H,3,8-11H2,1-2H3,(H,31,32)(H,34,36). The van der Waals surface area contributed by atoms with Crippen molar-refractivity contribution >= 4 is 28.4 Å². The fourth-order valence-corrected chi connectivity index (χ4v) is 4.78. The summed E-state index contributed by atoms with van der Waals surface area (Å²) >= 11 is 0. The van der Waals surface area contributed by atoms with Crippen molar-refractivity contribution in [3.8, 4) is 0 Å². The molecule has 1 aromatic carbocycles. The van der Waals surface area contributed by atoms with Gasteiger partial charge in [0.05, 0.1) is 5.57 Å². The minimum absolute atomic E-state index is 0.328. The predicted molar refractivity (Wildman–Crippen MR) is 132 cm³/mol. The van der Waals surface area contributed by atoms with Crippen LogP contribution in [-0.2, 0) is 11.0 Å². The van der Waals surface area contributed by atoms with Gasteiger partial charge in [-0.15, -0.1) is 0 Å². The molecular formula is C26H27F3N6O. The van der Waals surface area contributed by atoms with Crippen LogP contribution in [0.5, 0.6) is 0 Å². The lowest BCUT2D eigenvalue weighted by Gasteiger charge is -2.32. The van der Waals surface area contributed by atoms with E-state index in [-0.39, 0.29) is 5.91 Å². The molecule has 10 heteroatoms. The van der Waals surface area contributed by atoms with E-state index < -0.39 is 11.9 Å². The van der Waals surface area contributed by atoms with Gasteiger partial charge >= 0.3 is 6.18 Å². The van der Waals surface area contributed by atoms with Gasteiger partial charge in [-0.05, 0) is 50.6 Å². The molecule has 2 aliphatic rings. The highest BCUT2D eigenvalue weighted by Gasteiger charge is 2.34. The minimum Gasteiger partial charge on any atom is -0.382 e. The van der Waals surface area contributed by atoms with Gasteiger partial charge in [0.1, 0.15) is 11.5 Å². The summed E-state index contributed by atoms with van der Waals surface area (Å²) in [5, 5.41) is 6.47. The third-order valence-corrected chi connectivity index (χ3v) is 6.70. The molecule has 188 valence electrons. The average Bonchev–Trinajstić information content (AvgIpc) is 3.42. The third kappa shape index (κ3) is 4.73. The molecule has 3 aromatic rings. The first-order chi connectivity index (χ1) is 17.2. The summed E-state index contributed by atoms with van der Waals surface area (Å²) in [7, 11) is 0. The Hall–Kier alpha value is -3.66. The number of nitrogens with one attached hydrogen (secondary N) is 3. The van der Waals surface area contributed by atoms with Crippen LogP contribution >= 0.6 is 0 Å². The highest BCUT2D eigenvalue weighted by atomic mass is 19.4. The number of halogens is 3. The van der Waals surface area contributed by atoms with Crippen molar-refractivity contribution in [3.05, 3.63) is 71.1 Å². The number of hydrogen-bond donors (Lipinski definition) is 3. The number of carbonyl (C=O) groups excluding carboxylic acids is 1. The smallest absolute Gasteiger partial charge is 0.382 e. The van der Waals surface area contributed by atoms with Crippen LogP contribution in [0.25, 0.3) is 11.1 Å². The van der Waals surface area contributed by atoms with Gasteiger partial charge in [-0.25, -0.2) is 4.98 Å². The van der Waals surface area contributed by atoms with Gasteiger partial charge in [0.15, 0.2) is 0 Å². The van der Waals surface area contributed by atoms with Gasteiger partial charge in [-0.2, -0.15) is 13.2 Å². The molecule has 0 bridgehead atoms. The maximum Gasteiger partial charge on any atom is 0.433 e. The van der Waals surface area contributed by atoms with Crippen molar-refractivity contribution < 1.29 is 18.0 Å². The number of H-pyrrole nitrogens is 1. The molecule has 0 saturated carbocycles. The van der Waals surface area contributed by atoms with E-state index in [9.17, 15) is 18.0 Å². The summed E-state index contributed by atoms with van der Waals surface area (Å²) in [5.41, 5.74) is 3.05. The third-order valence-electron chi connectivity index (χ3n) is 6.70. The number of imidazole rings is 1. The summed E-state index contributed by atoms with van der Waals surface area (Å²) in [4.78, 5) is 26.7. The average molecular weight is 497 g/mol. The number of nitrogens with zero attached hydrogens (tertiary/aromatic N) is 3. The van der Waals surface area contributed by atoms with E-state index in [1.54, 1.807) is 6.20 Å². The molecule has 2 aliphatic heterocycles. The number of aromatic amines is 1. The van der Waals surface area contributed by atoms with Crippen LogP contribution in [0.4, 0.5) is 24.5 Å². The van der Waals surface area contributed by atoms with Crippen molar-refractivity contribution in [2.45, 2.75) is 38.9 Å². The Bertz CT molecular complexity index is 1300. The number of fused-ring (bicyclic) bond motifs is 1. The lowest BCUT2D eigenvalue weighted by atomic mass is 9.95. The van der Waals surface area contributed by atoms with Gasteiger partial charge < -0.3 is 20.5 Å². The molecule has 1 saturated heterocycles. The minimum atomic E-state index is -4.56. The summed E-state index contributed by atoms with van der Waals surface area (Å²) in [6.07, 6.45) is 0.246. The topological polar surface area (TPSA) is 85.9 Å². The normalized spacial score (nSPS) is 18.2. The van der Waals surface area contributed by atoms with Crippen LogP contribution in [0.3, 0.4) is 0 Å². The molecule has 0 spiro atoms. The van der Waals surface area contributed by atoms with Crippen LogP contribution < -0.4 is 10.6 Å². The van der Waals surface area contributed by atoms with Gasteiger partial charge in [0, 0.05) is 65.3 Å². The lowest BCUT2D eigenvalue weighted by Crippen LogP contribution is -2.38. The number of carbonyl (C=O) groups is 1. The molecule has 3 N–H and O–H groups in total. The highest BCUT2D eigenvalue weighted by Crippen LogP contribution is 2.41. The zero-order valence-corrected chi connectivity index (χ0v) is 20.0. The van der Waals surface area contributed by atoms with Crippen molar-refractivity contribution in [3.63, 3.8) is 0 Å². The van der Waals surface area contributed by atoms with Gasteiger partial charge in [-0.3, -0.25) is 9.78 Å². The number of piperidine rings is 1. The Morgan fingerprint density at radius 3 is 2.53 bits per heavy atom. The molecule has 0 aliphatic carbocycles. The first-order valence-corrected chi connectivity index (χ1v) is 12.0. The van der Waals surface area contributed by atoms with Crippen LogP contribution in [0.2, 0.25) is 0 Å². The Morgan fingerprint density at radius 2 is 1.92 bits per heavy atom. The van der Waals surface area contributed by atoms with Crippen molar-refractivity contribution in [1.29, 1.82) is 0 Å². The second-order valence-corrected chi connectivity index (χ2v) is 9.16. The lowest BCUT2D eigenvalue weighted by molar-refractivity contribution is -0.141. The maximum absolute atomic E-state index is 13.2. The fourth-order valence-electron chi connectivity index (χ4n) is 4.78. The number of pyridine rings is 1. The fraction of sp³-hybridized carbons (Fsp3) is 0.346. The van der Waals surface area contributed by atoms with E-state index in [1.807, 2.05) is 25.1 Å². The quantitative estimate of drug-likeness (QED) is 0.436. The first-order valence-electron chi connectivity index (χ1n) is 12.0. The second-order valence-electron chi connectivity index (χ2n) is 9.16. The molecule has 1 fully saturated rings. The molecule has 4 heterocycles. The van der Waals surface area contributed by atoms with Crippen LogP contribution in [-0.4, -0.2) is 51.4 Å². The highest BCUT2D eigenvalue weighted by molar-refractivity contribution is 6.38. The van der Waals surface area contributed by atoms with Gasteiger partial charge in [0.25, 0.3) is 5.91 Å². The molecule has 0 radical (unpaired) electrons. The summed E-state index contributed by atoms with van der Waals surface area (Å²) in [5.74, 6) is 0.0414. The molecule has 1 amide bonds. The van der Waals surface area contributed by atoms with E-state index in [1.165, 1.54) is 6.07 Å². The SMILES string of the molecule is CCN1CCC(Nc2ccc3c(c2)C(=C(c2ccc(C(F)(F)F)nc2)c2ncc(C)[nH]2)C(=O)N3)CC1. The molecule has 7 nitrogen and oxygen atoms in total. The zero-order valence-electron chi connectivity index (χ0n) is 20.0. The number of benzene rings is 1. The molecular weight excluding hydrogens is 469 g/mol. The predicted octanol–water partition coefficient (Wildman–Crippen LogP) is 4.94. The maximum atomic E-state index is 13.2. The van der Waals surface area contributed by atoms with Crippen LogP contribution in [0, 0.1) is 6.92 Å². The van der Waals surface area contributed by atoms with Crippen LogP contribution in [0.1, 0.15) is 48.1 Å². The van der Waals surface area contributed by atoms with E-state index in [0.717, 1.165) is 56.1 Å². The van der Waals surface area contributed by atoms with E-state index >= 15 is 0 Å². The van der Waals surface area contributed by atoms with E-state index in [4.69, 9.17) is 0 Å². The number of aryl methyl sites for hydroxylation is 1. The number of anilines is 2. The zero-order chi connectivity index (χ0) is 25.4. The number of rotatable bonds is 5. The van der Waals surface area contributed by atoms with E-state index in [2.05, 4.69) is 37.4 Å². The number of likely N-dealkylation sites (tertiary alicyclic amines) is 1. The Labute approximate surface area is 206 Å². The monoisotopic (exact) mass is 496 g/mol. The largest absolute Gasteiger partial charge is 0.433 e. The van der Waals surface area contributed by atoms with Crippen molar-refractivity contribution in [1.82, 2.24) is 19.9 Å². The van der Waals surface area contributed by atoms with Crippen LogP contribution in [0.15, 0.2) is 42.7 Å². The van der Waals surface area contributed by atoms with Crippen molar-refractivity contribution in [2.24, 2.45) is 0 Å². The Balaban J connectivity index is 1.56. The second kappa shape index (κ2) is 9.42. The van der Waals surface area contributed by atoms with Gasteiger partial charge in [-0.1, -0.05) is 13.0 Å². The number of amides is 1. The van der Waals surface area contributed by atoms with Gasteiger partial charge in [0.2, 0.25) is 0 Å². The number of aromatic nitrogens is 3. The summed E-state index contributed by atoms with van der Waals surface area (Å²) in [6.45, 7) is 7.09. The molecule has 2 aromatic heterocycles. The number of alkyl halides is 3. The number of hydrogen-bond acceptors (Lipinski definition) is 5.